The van der Waals surface area contributed by atoms with Crippen LogP contribution >= 0.6 is 0 Å². The Morgan fingerprint density at radius 2 is 2.21 bits per heavy atom. The number of hydrogen-bond donors (Lipinski definition) is 1. The van der Waals surface area contributed by atoms with Gasteiger partial charge in [0, 0.05) is 0 Å². The molecule has 0 aliphatic heterocycles. The van der Waals surface area contributed by atoms with Crippen LogP contribution in [0.2, 0.25) is 0 Å². The summed E-state index contributed by atoms with van der Waals surface area (Å²) < 4.78 is 13.3. The minimum absolute atomic E-state index is 0.0133. The molecule has 0 spiro atoms. The molecule has 1 aliphatic rings. The lowest BCUT2D eigenvalue weighted by Crippen LogP contribution is -2.15. The first-order valence-corrected chi connectivity index (χ1v) is 4.61. The zero-order valence-corrected chi connectivity index (χ0v) is 7.66. The maximum Gasteiger partial charge on any atom is 0.251 e. The van der Waals surface area contributed by atoms with E-state index in [-0.39, 0.29) is 5.56 Å². The molecule has 1 fully saturated rings. The van der Waals surface area contributed by atoms with Gasteiger partial charge in [-0.2, -0.15) is 0 Å². The third-order valence-electron chi connectivity index (χ3n) is 2.33. The number of primary amides is 1. The molecule has 14 heavy (non-hydrogen) atoms. The number of amides is 1. The van der Waals surface area contributed by atoms with E-state index in [0.29, 0.717) is 11.5 Å². The smallest absolute Gasteiger partial charge is 0.251 e. The molecular formula is C11H11FNO. The van der Waals surface area contributed by atoms with Crippen LogP contribution in [0.1, 0.15) is 28.8 Å². The molecule has 0 unspecified atom stereocenters. The molecule has 0 atom stereocenters. The van der Waals surface area contributed by atoms with Crippen molar-refractivity contribution in [3.63, 3.8) is 0 Å². The first kappa shape index (κ1) is 9.19. The summed E-state index contributed by atoms with van der Waals surface area (Å²) in [7, 11) is 0. The van der Waals surface area contributed by atoms with Crippen molar-refractivity contribution >= 4 is 5.91 Å². The molecule has 1 aromatic carbocycles. The maximum atomic E-state index is 13.3. The predicted molar refractivity (Wildman–Crippen MR) is 51.0 cm³/mol. The molecule has 0 heterocycles. The molecule has 0 saturated heterocycles. The van der Waals surface area contributed by atoms with E-state index >= 15 is 0 Å². The van der Waals surface area contributed by atoms with Crippen molar-refractivity contribution in [3.05, 3.63) is 41.6 Å². The Labute approximate surface area is 81.9 Å². The topological polar surface area (TPSA) is 43.1 Å². The van der Waals surface area contributed by atoms with Gasteiger partial charge in [0.15, 0.2) is 0 Å². The third-order valence-corrected chi connectivity index (χ3v) is 2.33. The lowest BCUT2D eigenvalue weighted by molar-refractivity contribution is 0.0996. The van der Waals surface area contributed by atoms with Gasteiger partial charge in [0.25, 0.3) is 5.91 Å². The van der Waals surface area contributed by atoms with Gasteiger partial charge in [-0.25, -0.2) is 4.39 Å². The van der Waals surface area contributed by atoms with Crippen LogP contribution in [0.25, 0.3) is 0 Å². The van der Waals surface area contributed by atoms with Gasteiger partial charge in [-0.15, -0.1) is 0 Å². The average molecular weight is 192 g/mol. The number of benzene rings is 1. The minimum Gasteiger partial charge on any atom is -0.365 e. The van der Waals surface area contributed by atoms with Crippen LogP contribution < -0.4 is 5.73 Å². The van der Waals surface area contributed by atoms with Crippen molar-refractivity contribution in [3.8, 4) is 0 Å². The monoisotopic (exact) mass is 192 g/mol. The van der Waals surface area contributed by atoms with Gasteiger partial charge < -0.3 is 5.73 Å². The predicted octanol–water partition coefficient (Wildman–Crippen LogP) is 1.89. The number of rotatable bonds is 3. The highest BCUT2D eigenvalue weighted by atomic mass is 19.1. The van der Waals surface area contributed by atoms with Gasteiger partial charge >= 0.3 is 0 Å². The summed E-state index contributed by atoms with van der Waals surface area (Å²) in [6.07, 6.45) is 4.16. The fraction of sp³-hybridized carbons (Fsp3) is 0.273. The summed E-state index contributed by atoms with van der Waals surface area (Å²) in [5.74, 6) is -0.739. The van der Waals surface area contributed by atoms with Crippen molar-refractivity contribution in [1.82, 2.24) is 0 Å². The van der Waals surface area contributed by atoms with Gasteiger partial charge in [0.05, 0.1) is 5.56 Å². The number of nitrogens with two attached hydrogens (primary N) is 1. The van der Waals surface area contributed by atoms with Gasteiger partial charge in [-0.3, -0.25) is 4.79 Å². The highest BCUT2D eigenvalue weighted by molar-refractivity contribution is 5.95. The van der Waals surface area contributed by atoms with E-state index in [4.69, 9.17) is 5.73 Å². The van der Waals surface area contributed by atoms with E-state index < -0.39 is 11.7 Å². The van der Waals surface area contributed by atoms with Gasteiger partial charge in [-0.05, 0) is 36.8 Å². The van der Waals surface area contributed by atoms with Gasteiger partial charge in [0.2, 0.25) is 0 Å². The van der Waals surface area contributed by atoms with E-state index in [0.717, 1.165) is 12.8 Å². The van der Waals surface area contributed by atoms with Crippen molar-refractivity contribution in [2.45, 2.75) is 12.8 Å². The molecule has 1 saturated carbocycles. The summed E-state index contributed by atoms with van der Waals surface area (Å²) in [5, 5.41) is 0. The SMILES string of the molecule is NC(=O)c1c(F)cccc1[CH]C1CC1. The normalized spacial score (nSPS) is 15.5. The summed E-state index contributed by atoms with van der Waals surface area (Å²) in [4.78, 5) is 11.0. The minimum atomic E-state index is -0.699. The second-order valence-electron chi connectivity index (χ2n) is 3.57. The van der Waals surface area contributed by atoms with E-state index in [2.05, 4.69) is 0 Å². The number of carbonyl (C=O) groups excluding carboxylic acids is 1. The largest absolute Gasteiger partial charge is 0.365 e. The molecule has 1 amide bonds. The Bertz CT molecular complexity index is 372. The second kappa shape index (κ2) is 3.40. The van der Waals surface area contributed by atoms with E-state index in [9.17, 15) is 9.18 Å². The molecular weight excluding hydrogens is 181 g/mol. The quantitative estimate of drug-likeness (QED) is 0.780. The highest BCUT2D eigenvalue weighted by Gasteiger charge is 2.24. The first-order chi connectivity index (χ1) is 6.68. The van der Waals surface area contributed by atoms with Crippen molar-refractivity contribution < 1.29 is 9.18 Å². The fourth-order valence-electron chi connectivity index (χ4n) is 1.46. The van der Waals surface area contributed by atoms with Crippen LogP contribution in [0.3, 0.4) is 0 Å². The zero-order chi connectivity index (χ0) is 10.1. The first-order valence-electron chi connectivity index (χ1n) is 4.61. The third kappa shape index (κ3) is 1.76. The fourth-order valence-corrected chi connectivity index (χ4v) is 1.46. The van der Waals surface area contributed by atoms with Crippen LogP contribution in [-0.4, -0.2) is 5.91 Å². The molecule has 1 aliphatic carbocycles. The Hall–Kier alpha value is -1.38. The Morgan fingerprint density at radius 1 is 1.50 bits per heavy atom. The summed E-state index contributed by atoms with van der Waals surface area (Å²) >= 11 is 0. The highest BCUT2D eigenvalue weighted by Crippen LogP contribution is 2.35. The molecule has 0 bridgehead atoms. The van der Waals surface area contributed by atoms with Crippen LogP contribution in [0, 0.1) is 18.2 Å². The number of halogens is 1. The van der Waals surface area contributed by atoms with Gasteiger partial charge in [0.1, 0.15) is 5.82 Å². The average Bonchev–Trinajstić information content (AvgIpc) is 2.87. The Kier molecular flexibility index (Phi) is 2.23. The van der Waals surface area contributed by atoms with E-state index in [1.165, 1.54) is 6.07 Å². The van der Waals surface area contributed by atoms with E-state index in [1.807, 2.05) is 6.42 Å². The lowest BCUT2D eigenvalue weighted by atomic mass is 10.0. The van der Waals surface area contributed by atoms with Gasteiger partial charge in [-0.1, -0.05) is 12.1 Å². The number of hydrogen-bond acceptors (Lipinski definition) is 1. The molecule has 2 N–H and O–H groups in total. The molecule has 1 radical (unpaired) electrons. The second-order valence-corrected chi connectivity index (χ2v) is 3.57. The van der Waals surface area contributed by atoms with Crippen LogP contribution in [-0.2, 0) is 0 Å². The Balaban J connectivity index is 2.35. The zero-order valence-electron chi connectivity index (χ0n) is 7.66. The van der Waals surface area contributed by atoms with E-state index in [1.54, 1.807) is 12.1 Å². The summed E-state index contributed by atoms with van der Waals surface area (Å²) in [5.41, 5.74) is 5.75. The lowest BCUT2D eigenvalue weighted by Gasteiger charge is -2.05. The van der Waals surface area contributed by atoms with Crippen LogP contribution in [0.5, 0.6) is 0 Å². The molecule has 2 nitrogen and oxygen atoms in total. The summed E-state index contributed by atoms with van der Waals surface area (Å²) in [6.45, 7) is 0. The van der Waals surface area contributed by atoms with Crippen molar-refractivity contribution in [2.75, 3.05) is 0 Å². The molecule has 2 rings (SSSR count). The maximum absolute atomic E-state index is 13.3. The molecule has 3 heteroatoms. The molecule has 73 valence electrons. The van der Waals surface area contributed by atoms with Crippen molar-refractivity contribution in [1.29, 1.82) is 0 Å². The van der Waals surface area contributed by atoms with Crippen LogP contribution in [0.4, 0.5) is 4.39 Å². The summed E-state index contributed by atoms with van der Waals surface area (Å²) in [6, 6.07) is 4.57. The van der Waals surface area contributed by atoms with Crippen LogP contribution in [0.15, 0.2) is 18.2 Å². The number of carbonyl (C=O) groups is 1. The standard InChI is InChI=1S/C11H11FNO/c12-9-3-1-2-8(6-7-4-5-7)10(9)11(13)14/h1-3,6-7H,4-5H2,(H2,13,14). The molecule has 1 aromatic rings. The molecule has 0 aromatic heterocycles. The Morgan fingerprint density at radius 3 is 2.79 bits per heavy atom. The van der Waals surface area contributed by atoms with Crippen molar-refractivity contribution in [2.24, 2.45) is 11.7 Å².